The summed E-state index contributed by atoms with van der Waals surface area (Å²) in [4.78, 5) is 17.2. The van der Waals surface area contributed by atoms with Gasteiger partial charge in [-0.3, -0.25) is 4.79 Å². The van der Waals surface area contributed by atoms with Crippen molar-refractivity contribution >= 4 is 28.1 Å². The van der Waals surface area contributed by atoms with E-state index in [1.54, 1.807) is 32.4 Å². The number of benzene rings is 2. The minimum Gasteiger partial charge on any atom is -0.496 e. The van der Waals surface area contributed by atoms with Crippen LogP contribution in [0.4, 0.5) is 10.8 Å². The first-order valence-electron chi connectivity index (χ1n) is 8.33. The van der Waals surface area contributed by atoms with Crippen molar-refractivity contribution in [3.8, 4) is 22.8 Å². The topological polar surface area (TPSA) is 72.5 Å². The highest BCUT2D eigenvalue weighted by Crippen LogP contribution is 2.32. The molecule has 0 bridgehead atoms. The molecular weight excluding hydrogens is 362 g/mol. The summed E-state index contributed by atoms with van der Waals surface area (Å²) in [6, 6.07) is 10.9. The normalized spacial score (nSPS) is 10.4. The lowest BCUT2D eigenvalue weighted by atomic mass is 10.1. The molecule has 2 aromatic carbocycles. The Balaban J connectivity index is 1.89. The van der Waals surface area contributed by atoms with Gasteiger partial charge in [0.15, 0.2) is 5.13 Å². The molecule has 3 aromatic rings. The minimum atomic E-state index is -0.217. The van der Waals surface area contributed by atoms with Gasteiger partial charge in [-0.15, -0.1) is 11.3 Å². The lowest BCUT2D eigenvalue weighted by Gasteiger charge is -2.12. The van der Waals surface area contributed by atoms with E-state index in [4.69, 9.17) is 9.47 Å². The molecule has 7 heteroatoms. The minimum absolute atomic E-state index is 0.217. The summed E-state index contributed by atoms with van der Waals surface area (Å²) in [6.45, 7) is 1.90. The molecule has 0 spiro atoms. The second kappa shape index (κ2) is 8.09. The lowest BCUT2D eigenvalue weighted by Crippen LogP contribution is -2.13. The van der Waals surface area contributed by atoms with Crippen molar-refractivity contribution in [2.24, 2.45) is 0 Å². The number of aromatic nitrogens is 1. The van der Waals surface area contributed by atoms with Crippen LogP contribution in [0.5, 0.6) is 11.5 Å². The zero-order valence-corrected chi connectivity index (χ0v) is 16.4. The fourth-order valence-corrected chi connectivity index (χ4v) is 3.38. The summed E-state index contributed by atoms with van der Waals surface area (Å²) in [5, 5.41) is 8.75. The first-order chi connectivity index (χ1) is 13.0. The van der Waals surface area contributed by atoms with Crippen LogP contribution in [0.15, 0.2) is 41.8 Å². The van der Waals surface area contributed by atoms with Gasteiger partial charge in [-0.25, -0.2) is 4.98 Å². The van der Waals surface area contributed by atoms with E-state index in [1.165, 1.54) is 11.3 Å². The van der Waals surface area contributed by atoms with E-state index in [0.29, 0.717) is 17.0 Å². The van der Waals surface area contributed by atoms with Gasteiger partial charge >= 0.3 is 0 Å². The van der Waals surface area contributed by atoms with E-state index in [9.17, 15) is 4.79 Å². The van der Waals surface area contributed by atoms with Gasteiger partial charge in [-0.1, -0.05) is 0 Å². The Morgan fingerprint density at radius 2 is 1.81 bits per heavy atom. The number of thiazole rings is 1. The molecule has 0 saturated heterocycles. The number of methoxy groups -OCH3 is 2. The van der Waals surface area contributed by atoms with Gasteiger partial charge in [0.2, 0.25) is 0 Å². The number of carbonyl (C=O) groups is 1. The van der Waals surface area contributed by atoms with E-state index in [-0.39, 0.29) is 5.91 Å². The maximum atomic E-state index is 12.7. The van der Waals surface area contributed by atoms with Crippen LogP contribution in [-0.2, 0) is 0 Å². The first kappa shape index (κ1) is 18.7. The van der Waals surface area contributed by atoms with Crippen LogP contribution < -0.4 is 20.1 Å². The van der Waals surface area contributed by atoms with E-state index >= 15 is 0 Å². The van der Waals surface area contributed by atoms with Crippen molar-refractivity contribution in [1.29, 1.82) is 0 Å². The van der Waals surface area contributed by atoms with E-state index < -0.39 is 0 Å². The van der Waals surface area contributed by atoms with Gasteiger partial charge in [0.05, 0.1) is 25.6 Å². The van der Waals surface area contributed by atoms with Crippen molar-refractivity contribution < 1.29 is 14.3 Å². The third-order valence-corrected chi connectivity index (χ3v) is 4.98. The van der Waals surface area contributed by atoms with Crippen molar-refractivity contribution in [3.63, 3.8) is 0 Å². The molecule has 140 valence electrons. The molecule has 1 aromatic heterocycles. The van der Waals surface area contributed by atoms with Gasteiger partial charge < -0.3 is 20.1 Å². The summed E-state index contributed by atoms with van der Waals surface area (Å²) in [7, 11) is 5.01. The second-order valence-electron chi connectivity index (χ2n) is 5.84. The molecule has 0 aliphatic heterocycles. The van der Waals surface area contributed by atoms with E-state index in [2.05, 4.69) is 15.6 Å². The monoisotopic (exact) mass is 383 g/mol. The molecule has 6 nitrogen and oxygen atoms in total. The van der Waals surface area contributed by atoms with Gasteiger partial charge in [0.25, 0.3) is 5.91 Å². The highest BCUT2D eigenvalue weighted by Gasteiger charge is 2.13. The van der Waals surface area contributed by atoms with E-state index in [1.807, 2.05) is 37.6 Å². The number of rotatable bonds is 6. The fourth-order valence-electron chi connectivity index (χ4n) is 2.70. The quantitative estimate of drug-likeness (QED) is 0.659. The standard InChI is InChI=1S/C20H21N3O3S/c1-12-9-14(6-7-17(12)25-3)19(24)22-15-10-13(5-8-18(15)26-4)16-11-27-20(21-2)23-16/h5-11H,1-4H3,(H,21,23)(H,22,24). The third-order valence-electron chi connectivity index (χ3n) is 4.12. The Hall–Kier alpha value is -3.06. The molecule has 0 unspecified atom stereocenters. The SMILES string of the molecule is CNc1nc(-c2ccc(OC)c(NC(=O)c3ccc(OC)c(C)c3)c2)cs1. The van der Waals surface area contributed by atoms with Crippen LogP contribution in [0.1, 0.15) is 15.9 Å². The summed E-state index contributed by atoms with van der Waals surface area (Å²) >= 11 is 1.52. The Labute approximate surface area is 162 Å². The third kappa shape index (κ3) is 4.03. The zero-order valence-electron chi connectivity index (χ0n) is 15.6. The average molecular weight is 383 g/mol. The Bertz CT molecular complexity index is 969. The number of amides is 1. The number of anilines is 2. The smallest absolute Gasteiger partial charge is 0.255 e. The van der Waals surface area contributed by atoms with Crippen molar-refractivity contribution in [2.45, 2.75) is 6.92 Å². The molecule has 1 heterocycles. The number of hydrogen-bond donors (Lipinski definition) is 2. The number of nitrogens with one attached hydrogen (secondary N) is 2. The number of carbonyl (C=O) groups excluding carboxylic acids is 1. The van der Waals surface area contributed by atoms with Crippen LogP contribution in [0.2, 0.25) is 0 Å². The molecule has 0 saturated carbocycles. The molecule has 0 fully saturated rings. The Morgan fingerprint density at radius 1 is 1.07 bits per heavy atom. The number of nitrogens with zero attached hydrogens (tertiary/aromatic N) is 1. The fraction of sp³-hybridized carbons (Fsp3) is 0.200. The van der Waals surface area contributed by atoms with Crippen molar-refractivity contribution in [2.75, 3.05) is 31.9 Å². The van der Waals surface area contributed by atoms with Crippen molar-refractivity contribution in [3.05, 3.63) is 52.9 Å². The maximum Gasteiger partial charge on any atom is 0.255 e. The highest BCUT2D eigenvalue weighted by atomic mass is 32.1. The van der Waals surface area contributed by atoms with Crippen LogP contribution in [0, 0.1) is 6.92 Å². The van der Waals surface area contributed by atoms with Gasteiger partial charge in [-0.2, -0.15) is 0 Å². The van der Waals surface area contributed by atoms with Crippen LogP contribution in [0.3, 0.4) is 0 Å². The molecule has 1 amide bonds. The van der Waals surface area contributed by atoms with Crippen LogP contribution in [0.25, 0.3) is 11.3 Å². The summed E-state index contributed by atoms with van der Waals surface area (Å²) in [5.41, 5.74) is 3.77. The van der Waals surface area contributed by atoms with E-state index in [0.717, 1.165) is 27.7 Å². The largest absolute Gasteiger partial charge is 0.496 e. The molecular formula is C20H21N3O3S. The van der Waals surface area contributed by atoms with Crippen LogP contribution in [-0.4, -0.2) is 32.2 Å². The number of ether oxygens (including phenoxy) is 2. The Kier molecular flexibility index (Phi) is 5.61. The molecule has 3 rings (SSSR count). The maximum absolute atomic E-state index is 12.7. The molecule has 0 aliphatic rings. The molecule has 0 atom stereocenters. The highest BCUT2D eigenvalue weighted by molar-refractivity contribution is 7.14. The van der Waals surface area contributed by atoms with Gasteiger partial charge in [0, 0.05) is 23.6 Å². The summed E-state index contributed by atoms with van der Waals surface area (Å²) in [5.74, 6) is 1.11. The summed E-state index contributed by atoms with van der Waals surface area (Å²) < 4.78 is 10.6. The molecule has 0 radical (unpaired) electrons. The second-order valence-corrected chi connectivity index (χ2v) is 6.70. The van der Waals surface area contributed by atoms with Gasteiger partial charge in [-0.05, 0) is 48.9 Å². The molecule has 27 heavy (non-hydrogen) atoms. The molecule has 2 N–H and O–H groups in total. The van der Waals surface area contributed by atoms with Gasteiger partial charge in [0.1, 0.15) is 11.5 Å². The molecule has 0 aliphatic carbocycles. The predicted molar refractivity (Wildman–Crippen MR) is 109 cm³/mol. The first-order valence-corrected chi connectivity index (χ1v) is 9.21. The van der Waals surface area contributed by atoms with Crippen molar-refractivity contribution in [1.82, 2.24) is 4.98 Å². The van der Waals surface area contributed by atoms with Crippen LogP contribution >= 0.6 is 11.3 Å². The average Bonchev–Trinajstić information content (AvgIpc) is 3.17. The zero-order chi connectivity index (χ0) is 19.4. The summed E-state index contributed by atoms with van der Waals surface area (Å²) in [6.07, 6.45) is 0. The number of hydrogen-bond acceptors (Lipinski definition) is 6. The number of aryl methyl sites for hydroxylation is 1. The Morgan fingerprint density at radius 3 is 2.44 bits per heavy atom. The lowest BCUT2D eigenvalue weighted by molar-refractivity contribution is 0.102. The predicted octanol–water partition coefficient (Wildman–Crippen LogP) is 4.43.